The molecule has 0 unspecified atom stereocenters. The molecule has 2 aromatic carbocycles. The summed E-state index contributed by atoms with van der Waals surface area (Å²) in [7, 11) is 1.61. The molecule has 164 valence electrons. The predicted octanol–water partition coefficient (Wildman–Crippen LogP) is 3.69. The Kier molecular flexibility index (Phi) is 5.81. The summed E-state index contributed by atoms with van der Waals surface area (Å²) in [4.78, 5) is 26.3. The summed E-state index contributed by atoms with van der Waals surface area (Å²) >= 11 is 0. The molecule has 7 heteroatoms. The molecule has 0 saturated carbocycles. The van der Waals surface area contributed by atoms with Crippen LogP contribution in [-0.2, 0) is 11.3 Å². The Hall–Kier alpha value is -3.87. The average molecular weight is 431 g/mol. The quantitative estimate of drug-likeness (QED) is 0.506. The smallest absolute Gasteiger partial charge is 0.281 e. The SMILES string of the molecule is COc1ccccc1CNC(=O)[C@H](C)n1c(C)c2cnn(-c3ccccc3)c(=O)c2c1C. The maximum Gasteiger partial charge on any atom is 0.281 e. The van der Waals surface area contributed by atoms with Gasteiger partial charge in [-0.25, -0.2) is 0 Å². The number of ether oxygens (including phenoxy) is 1. The van der Waals surface area contributed by atoms with Gasteiger partial charge < -0.3 is 14.6 Å². The van der Waals surface area contributed by atoms with E-state index in [0.717, 1.165) is 28.1 Å². The lowest BCUT2D eigenvalue weighted by molar-refractivity contribution is -0.124. The van der Waals surface area contributed by atoms with Crippen LogP contribution in [0.2, 0.25) is 0 Å². The molecule has 0 aliphatic carbocycles. The maximum absolute atomic E-state index is 13.3. The molecule has 7 nitrogen and oxygen atoms in total. The number of aromatic nitrogens is 3. The number of para-hydroxylation sites is 2. The first kappa shape index (κ1) is 21.4. The molecule has 1 N–H and O–H groups in total. The van der Waals surface area contributed by atoms with Gasteiger partial charge in [0.2, 0.25) is 5.91 Å². The van der Waals surface area contributed by atoms with Crippen molar-refractivity contribution in [3.63, 3.8) is 0 Å². The molecule has 4 rings (SSSR count). The molecule has 0 aliphatic heterocycles. The van der Waals surface area contributed by atoms with E-state index >= 15 is 0 Å². The van der Waals surface area contributed by atoms with E-state index in [1.807, 2.05) is 79.9 Å². The van der Waals surface area contributed by atoms with Crippen molar-refractivity contribution in [1.29, 1.82) is 0 Å². The minimum atomic E-state index is -0.498. The van der Waals surface area contributed by atoms with Gasteiger partial charge in [-0.05, 0) is 39.0 Å². The number of carbonyl (C=O) groups is 1. The normalized spacial score (nSPS) is 12.0. The average Bonchev–Trinajstić information content (AvgIpc) is 3.08. The van der Waals surface area contributed by atoms with Gasteiger partial charge >= 0.3 is 0 Å². The molecule has 1 amide bonds. The Labute approximate surface area is 186 Å². The fourth-order valence-electron chi connectivity index (χ4n) is 4.21. The lowest BCUT2D eigenvalue weighted by Gasteiger charge is -2.18. The van der Waals surface area contributed by atoms with Gasteiger partial charge in [0.15, 0.2) is 0 Å². The summed E-state index contributed by atoms with van der Waals surface area (Å²) < 4.78 is 8.66. The fourth-order valence-corrected chi connectivity index (χ4v) is 4.21. The van der Waals surface area contributed by atoms with Crippen LogP contribution < -0.4 is 15.6 Å². The number of nitrogens with one attached hydrogen (secondary N) is 1. The van der Waals surface area contributed by atoms with Gasteiger partial charge in [-0.15, -0.1) is 0 Å². The molecule has 0 bridgehead atoms. The molecule has 0 radical (unpaired) electrons. The van der Waals surface area contributed by atoms with Gasteiger partial charge in [-0.1, -0.05) is 36.4 Å². The Morgan fingerprint density at radius 1 is 1.06 bits per heavy atom. The first-order valence-corrected chi connectivity index (χ1v) is 10.5. The van der Waals surface area contributed by atoms with Crippen LogP contribution >= 0.6 is 0 Å². The number of hydrogen-bond donors (Lipinski definition) is 1. The van der Waals surface area contributed by atoms with Gasteiger partial charge in [0.25, 0.3) is 5.56 Å². The molecule has 32 heavy (non-hydrogen) atoms. The number of carbonyl (C=O) groups excluding carboxylic acids is 1. The number of amides is 1. The van der Waals surface area contributed by atoms with Gasteiger partial charge in [-0.2, -0.15) is 9.78 Å². The molecule has 4 aromatic rings. The number of methoxy groups -OCH3 is 1. The third-order valence-electron chi connectivity index (χ3n) is 5.87. The highest BCUT2D eigenvalue weighted by Gasteiger charge is 2.23. The largest absolute Gasteiger partial charge is 0.496 e. The monoisotopic (exact) mass is 430 g/mol. The molecule has 1 atom stereocenters. The summed E-state index contributed by atoms with van der Waals surface area (Å²) in [5.41, 5.74) is 2.98. The van der Waals surface area contributed by atoms with Crippen molar-refractivity contribution in [3.8, 4) is 11.4 Å². The Morgan fingerprint density at radius 3 is 2.47 bits per heavy atom. The second-order valence-corrected chi connectivity index (χ2v) is 7.73. The number of rotatable bonds is 6. The second-order valence-electron chi connectivity index (χ2n) is 7.73. The van der Waals surface area contributed by atoms with Crippen LogP contribution in [0.4, 0.5) is 0 Å². The molecule has 0 saturated heterocycles. The molecule has 2 heterocycles. The van der Waals surface area contributed by atoms with E-state index < -0.39 is 6.04 Å². The van der Waals surface area contributed by atoms with Crippen molar-refractivity contribution in [2.45, 2.75) is 33.4 Å². The number of benzene rings is 2. The molecular formula is C25H26N4O3. The van der Waals surface area contributed by atoms with Crippen LogP contribution in [0.25, 0.3) is 16.5 Å². The first-order chi connectivity index (χ1) is 15.4. The number of nitrogens with zero attached hydrogens (tertiary/aromatic N) is 3. The predicted molar refractivity (Wildman–Crippen MR) is 124 cm³/mol. The summed E-state index contributed by atoms with van der Waals surface area (Å²) in [6.07, 6.45) is 1.70. The van der Waals surface area contributed by atoms with Gasteiger partial charge in [0, 0.05) is 28.9 Å². The fraction of sp³-hybridized carbons (Fsp3) is 0.240. The van der Waals surface area contributed by atoms with E-state index in [9.17, 15) is 9.59 Å². The van der Waals surface area contributed by atoms with Crippen LogP contribution in [0.15, 0.2) is 65.6 Å². The van der Waals surface area contributed by atoms with E-state index in [1.54, 1.807) is 13.3 Å². The first-order valence-electron chi connectivity index (χ1n) is 10.5. The zero-order valence-corrected chi connectivity index (χ0v) is 18.6. The summed E-state index contributed by atoms with van der Waals surface area (Å²) in [6.45, 7) is 5.97. The third-order valence-corrected chi connectivity index (χ3v) is 5.87. The topological polar surface area (TPSA) is 78.2 Å². The Morgan fingerprint density at radius 2 is 1.75 bits per heavy atom. The van der Waals surface area contributed by atoms with Crippen LogP contribution in [0.5, 0.6) is 5.75 Å². The van der Waals surface area contributed by atoms with Crippen molar-refractivity contribution in [1.82, 2.24) is 19.7 Å². The molecule has 0 fully saturated rings. The molecule has 0 aliphatic rings. The van der Waals surface area contributed by atoms with Crippen LogP contribution in [-0.4, -0.2) is 27.4 Å². The minimum Gasteiger partial charge on any atom is -0.496 e. The van der Waals surface area contributed by atoms with Gasteiger partial charge in [0.1, 0.15) is 11.8 Å². The van der Waals surface area contributed by atoms with Gasteiger partial charge in [-0.3, -0.25) is 9.59 Å². The molecular weight excluding hydrogens is 404 g/mol. The van der Waals surface area contributed by atoms with Crippen molar-refractivity contribution in [3.05, 3.63) is 88.1 Å². The summed E-state index contributed by atoms with van der Waals surface area (Å²) in [5, 5.41) is 8.68. The molecule has 0 spiro atoms. The lowest BCUT2D eigenvalue weighted by Crippen LogP contribution is -2.31. The third kappa shape index (κ3) is 3.66. The van der Waals surface area contributed by atoms with E-state index in [-0.39, 0.29) is 11.5 Å². The highest BCUT2D eigenvalue weighted by molar-refractivity contribution is 5.89. The highest BCUT2D eigenvalue weighted by atomic mass is 16.5. The number of fused-ring (bicyclic) bond motifs is 1. The zero-order chi connectivity index (χ0) is 22.8. The summed E-state index contributed by atoms with van der Waals surface area (Å²) in [6, 6.07) is 16.4. The standard InChI is InChI=1S/C25H26N4O3/c1-16-21-15-27-29(20-11-6-5-7-12-20)25(31)23(21)17(2)28(16)18(3)24(30)26-14-19-10-8-9-13-22(19)32-4/h5-13,15,18H,14H2,1-4H3,(H,26,30)/t18-/m0/s1. The van der Waals surface area contributed by atoms with Crippen molar-refractivity contribution in [2.24, 2.45) is 0 Å². The number of aryl methyl sites for hydroxylation is 2. The number of hydrogen-bond acceptors (Lipinski definition) is 4. The van der Waals surface area contributed by atoms with Crippen LogP contribution in [0.3, 0.4) is 0 Å². The van der Waals surface area contributed by atoms with Crippen molar-refractivity contribution in [2.75, 3.05) is 7.11 Å². The van der Waals surface area contributed by atoms with Crippen LogP contribution in [0.1, 0.15) is 29.9 Å². The Balaban J connectivity index is 1.67. The van der Waals surface area contributed by atoms with Crippen molar-refractivity contribution >= 4 is 16.7 Å². The molecule has 2 aromatic heterocycles. The maximum atomic E-state index is 13.3. The second kappa shape index (κ2) is 8.70. The van der Waals surface area contributed by atoms with E-state index in [1.165, 1.54) is 4.68 Å². The Bertz CT molecular complexity index is 1340. The van der Waals surface area contributed by atoms with Crippen LogP contribution in [0, 0.1) is 13.8 Å². The lowest BCUT2D eigenvalue weighted by atomic mass is 10.2. The van der Waals surface area contributed by atoms with E-state index in [4.69, 9.17) is 4.74 Å². The van der Waals surface area contributed by atoms with E-state index in [0.29, 0.717) is 17.6 Å². The highest BCUT2D eigenvalue weighted by Crippen LogP contribution is 2.26. The zero-order valence-electron chi connectivity index (χ0n) is 18.6. The van der Waals surface area contributed by atoms with Crippen molar-refractivity contribution < 1.29 is 9.53 Å². The summed E-state index contributed by atoms with van der Waals surface area (Å²) in [5.74, 6) is 0.589. The van der Waals surface area contributed by atoms with Gasteiger partial charge in [0.05, 0.1) is 24.4 Å². The van der Waals surface area contributed by atoms with E-state index in [2.05, 4.69) is 10.4 Å². The minimum absolute atomic E-state index is 0.140.